The Hall–Kier alpha value is -2.16. The SMILES string of the molecule is [2H]C1([2H])CC(OCC2CCN(C(=O)c3ccc(Cl)c(N4CCC(=O)NC4=O)c3)CC2)CC([2H])([2H])N1. The number of nitrogens with zero attached hydrogens (tertiary/aromatic N) is 2. The minimum atomic E-state index is -1.82. The molecule has 1 aromatic rings. The molecule has 31 heavy (non-hydrogen) atoms. The van der Waals surface area contributed by atoms with Gasteiger partial charge in [0.1, 0.15) is 0 Å². The molecule has 1 aromatic carbocycles. The highest BCUT2D eigenvalue weighted by atomic mass is 35.5. The van der Waals surface area contributed by atoms with Crippen molar-refractivity contribution in [2.75, 3.05) is 44.1 Å². The quantitative estimate of drug-likeness (QED) is 0.715. The maximum atomic E-state index is 13.1. The maximum absolute atomic E-state index is 13.1. The summed E-state index contributed by atoms with van der Waals surface area (Å²) in [5.41, 5.74) is 0.787. The van der Waals surface area contributed by atoms with Gasteiger partial charge in [0, 0.05) is 43.7 Å². The van der Waals surface area contributed by atoms with Gasteiger partial charge in [-0.3, -0.25) is 19.8 Å². The summed E-state index contributed by atoms with van der Waals surface area (Å²) >= 11 is 6.28. The summed E-state index contributed by atoms with van der Waals surface area (Å²) in [6.45, 7) is -2.00. The third-order valence-electron chi connectivity index (χ3n) is 5.84. The molecule has 0 atom stereocenters. The van der Waals surface area contributed by atoms with Crippen LogP contribution < -0.4 is 15.5 Å². The van der Waals surface area contributed by atoms with Gasteiger partial charge in [-0.05, 0) is 62.8 Å². The predicted molar refractivity (Wildman–Crippen MR) is 117 cm³/mol. The molecular weight excluding hydrogens is 420 g/mol. The number of nitrogens with one attached hydrogen (secondary N) is 2. The highest BCUT2D eigenvalue weighted by Gasteiger charge is 2.28. The predicted octanol–water partition coefficient (Wildman–Crippen LogP) is 2.41. The molecule has 3 aliphatic heterocycles. The van der Waals surface area contributed by atoms with Gasteiger partial charge in [0.2, 0.25) is 5.91 Å². The molecular formula is C22H29ClN4O4. The second kappa shape index (κ2) is 9.97. The van der Waals surface area contributed by atoms with Crippen LogP contribution in [0.2, 0.25) is 5.02 Å². The molecule has 168 valence electrons. The number of imide groups is 1. The number of rotatable bonds is 5. The van der Waals surface area contributed by atoms with Crippen LogP contribution in [0.15, 0.2) is 18.2 Å². The average Bonchev–Trinajstić information content (AvgIpc) is 2.76. The Morgan fingerprint density at radius 2 is 1.90 bits per heavy atom. The number of carbonyl (C=O) groups is 3. The fourth-order valence-corrected chi connectivity index (χ4v) is 4.21. The molecule has 3 heterocycles. The number of hydrogen-bond acceptors (Lipinski definition) is 5. The summed E-state index contributed by atoms with van der Waals surface area (Å²) in [6.07, 6.45) is 1.26. The first-order valence-corrected chi connectivity index (χ1v) is 10.9. The van der Waals surface area contributed by atoms with E-state index in [2.05, 4.69) is 10.6 Å². The number of carbonyl (C=O) groups excluding carboxylic acids is 3. The van der Waals surface area contributed by atoms with E-state index >= 15 is 0 Å². The lowest BCUT2D eigenvalue weighted by Gasteiger charge is -2.33. The molecule has 0 bridgehead atoms. The average molecular weight is 453 g/mol. The molecule has 3 aliphatic rings. The molecule has 0 radical (unpaired) electrons. The first-order valence-electron chi connectivity index (χ1n) is 12.5. The topological polar surface area (TPSA) is 91.0 Å². The molecule has 3 fully saturated rings. The van der Waals surface area contributed by atoms with Crippen LogP contribution in [0, 0.1) is 5.92 Å². The highest BCUT2D eigenvalue weighted by Crippen LogP contribution is 2.29. The van der Waals surface area contributed by atoms with Gasteiger partial charge in [-0.2, -0.15) is 0 Å². The van der Waals surface area contributed by atoms with Crippen molar-refractivity contribution in [2.24, 2.45) is 5.92 Å². The van der Waals surface area contributed by atoms with E-state index in [1.807, 2.05) is 0 Å². The Morgan fingerprint density at radius 3 is 2.61 bits per heavy atom. The smallest absolute Gasteiger partial charge is 0.328 e. The minimum absolute atomic E-state index is 0.0892. The highest BCUT2D eigenvalue weighted by molar-refractivity contribution is 6.34. The zero-order valence-corrected chi connectivity index (χ0v) is 17.9. The molecule has 0 unspecified atom stereocenters. The number of ether oxygens (including phenoxy) is 1. The lowest BCUT2D eigenvalue weighted by atomic mass is 9.97. The normalized spacial score (nSPS) is 26.5. The second-order valence-electron chi connectivity index (χ2n) is 8.00. The van der Waals surface area contributed by atoms with Gasteiger partial charge in [-0.1, -0.05) is 11.6 Å². The molecule has 2 N–H and O–H groups in total. The molecule has 9 heteroatoms. The largest absolute Gasteiger partial charge is 0.378 e. The van der Waals surface area contributed by atoms with Crippen LogP contribution in [0.25, 0.3) is 0 Å². The molecule has 0 aromatic heterocycles. The second-order valence-corrected chi connectivity index (χ2v) is 8.41. The zero-order valence-electron chi connectivity index (χ0n) is 21.2. The number of likely N-dealkylation sites (tertiary alicyclic amines) is 1. The van der Waals surface area contributed by atoms with Crippen LogP contribution in [0.5, 0.6) is 0 Å². The molecule has 3 saturated heterocycles. The maximum Gasteiger partial charge on any atom is 0.328 e. The first-order chi connectivity index (χ1) is 16.4. The van der Waals surface area contributed by atoms with E-state index in [9.17, 15) is 14.4 Å². The number of urea groups is 1. The van der Waals surface area contributed by atoms with Crippen LogP contribution in [0.4, 0.5) is 10.5 Å². The summed E-state index contributed by atoms with van der Waals surface area (Å²) in [5, 5.41) is 4.93. The Morgan fingerprint density at radius 1 is 1.16 bits per heavy atom. The van der Waals surface area contributed by atoms with Gasteiger partial charge in [0.05, 0.1) is 16.8 Å². The Bertz CT molecular complexity index is 988. The molecule has 0 saturated carbocycles. The third-order valence-corrected chi connectivity index (χ3v) is 6.16. The van der Waals surface area contributed by atoms with E-state index in [-0.39, 0.29) is 43.5 Å². The monoisotopic (exact) mass is 452 g/mol. The molecule has 4 rings (SSSR count). The van der Waals surface area contributed by atoms with E-state index in [1.165, 1.54) is 4.90 Å². The van der Waals surface area contributed by atoms with Crippen LogP contribution in [0.1, 0.15) is 47.9 Å². The molecule has 0 aliphatic carbocycles. The van der Waals surface area contributed by atoms with Gasteiger partial charge in [0.15, 0.2) is 0 Å². The Kier molecular flexibility index (Phi) is 5.60. The van der Waals surface area contributed by atoms with Crippen molar-refractivity contribution in [2.45, 2.75) is 38.2 Å². The van der Waals surface area contributed by atoms with Crippen LogP contribution in [-0.2, 0) is 9.53 Å². The van der Waals surface area contributed by atoms with Crippen molar-refractivity contribution in [3.8, 4) is 0 Å². The fourth-order valence-electron chi connectivity index (χ4n) is 3.99. The zero-order chi connectivity index (χ0) is 25.4. The van der Waals surface area contributed by atoms with Crippen molar-refractivity contribution < 1.29 is 24.6 Å². The number of amides is 4. The van der Waals surface area contributed by atoms with Gasteiger partial charge in [-0.15, -0.1) is 0 Å². The van der Waals surface area contributed by atoms with E-state index in [4.69, 9.17) is 21.8 Å². The summed E-state index contributed by atoms with van der Waals surface area (Å²) in [4.78, 5) is 39.9. The molecule has 8 nitrogen and oxygen atoms in total. The number of benzene rings is 1. The van der Waals surface area contributed by atoms with Gasteiger partial charge >= 0.3 is 6.03 Å². The van der Waals surface area contributed by atoms with Crippen LogP contribution in [-0.4, -0.2) is 68.1 Å². The molecule has 4 amide bonds. The fraction of sp³-hybridized carbons (Fsp3) is 0.591. The van der Waals surface area contributed by atoms with Crippen molar-refractivity contribution in [1.29, 1.82) is 0 Å². The summed E-state index contributed by atoms with van der Waals surface area (Å²) in [5.74, 6) is -0.324. The van der Waals surface area contributed by atoms with Gasteiger partial charge in [0.25, 0.3) is 5.91 Å². The number of hydrogen-bond donors (Lipinski definition) is 2. The first kappa shape index (κ1) is 17.4. The number of anilines is 1. The van der Waals surface area contributed by atoms with Crippen molar-refractivity contribution >= 4 is 35.1 Å². The number of piperidine rings is 2. The van der Waals surface area contributed by atoms with E-state index < -0.39 is 25.1 Å². The van der Waals surface area contributed by atoms with E-state index in [0.29, 0.717) is 48.8 Å². The standard InChI is InChI=1S/C22H29ClN4O4/c23-18-2-1-16(13-19(18)27-12-7-20(28)25-22(27)30)21(29)26-10-5-15(6-11-26)14-31-17-3-8-24-9-4-17/h1-2,13,15,17,24H,3-12,14H2,(H,25,28,30)/i8D2,9D2. The summed E-state index contributed by atoms with van der Waals surface area (Å²) in [7, 11) is 0. The van der Waals surface area contributed by atoms with Crippen molar-refractivity contribution in [3.05, 3.63) is 28.8 Å². The third kappa shape index (κ3) is 5.37. The summed E-state index contributed by atoms with van der Waals surface area (Å²) < 4.78 is 37.3. The van der Waals surface area contributed by atoms with Crippen molar-refractivity contribution in [3.63, 3.8) is 0 Å². The lowest BCUT2D eigenvalue weighted by molar-refractivity contribution is -0.120. The van der Waals surface area contributed by atoms with Crippen LogP contribution >= 0.6 is 11.6 Å². The Balaban J connectivity index is 1.31. The lowest BCUT2D eigenvalue weighted by Crippen LogP contribution is -2.49. The van der Waals surface area contributed by atoms with Gasteiger partial charge in [-0.25, -0.2) is 4.79 Å². The van der Waals surface area contributed by atoms with E-state index in [0.717, 1.165) is 0 Å². The van der Waals surface area contributed by atoms with Crippen LogP contribution in [0.3, 0.4) is 0 Å². The van der Waals surface area contributed by atoms with Crippen molar-refractivity contribution in [1.82, 2.24) is 15.5 Å². The minimum Gasteiger partial charge on any atom is -0.378 e. The van der Waals surface area contributed by atoms with Gasteiger partial charge < -0.3 is 15.0 Å². The summed E-state index contributed by atoms with van der Waals surface area (Å²) in [6, 6.07) is 4.21. The Labute approximate surface area is 192 Å². The molecule has 0 spiro atoms. The number of halogens is 1. The van der Waals surface area contributed by atoms with E-state index in [1.54, 1.807) is 23.1 Å².